The molecule has 0 aromatic carbocycles. The zero-order valence-corrected chi connectivity index (χ0v) is 8.66. The van der Waals surface area contributed by atoms with Crippen LogP contribution in [0.4, 0.5) is 0 Å². The third-order valence-corrected chi connectivity index (χ3v) is 2.16. The molecule has 1 aromatic heterocycles. The maximum atomic E-state index is 5.18. The quantitative estimate of drug-likeness (QED) is 0.716. The lowest BCUT2D eigenvalue weighted by Gasteiger charge is -2.11. The van der Waals surface area contributed by atoms with Crippen LogP contribution in [0, 0.1) is 6.92 Å². The second-order valence-electron chi connectivity index (χ2n) is 3.22. The highest BCUT2D eigenvalue weighted by molar-refractivity contribution is 5.22. The molecule has 0 bridgehead atoms. The summed E-state index contributed by atoms with van der Waals surface area (Å²) in [6.45, 7) is 6.17. The molecule has 72 valence electrons. The predicted octanol–water partition coefficient (Wildman–Crippen LogP) is 2.31. The Morgan fingerprint density at radius 3 is 2.77 bits per heavy atom. The molecule has 0 aliphatic rings. The minimum atomic E-state index is 0.406. The summed E-state index contributed by atoms with van der Waals surface area (Å²) in [5.74, 6) is 1.07. The van der Waals surface area contributed by atoms with Gasteiger partial charge < -0.3 is 4.74 Å². The lowest BCUT2D eigenvalue weighted by Crippen LogP contribution is -2.03. The van der Waals surface area contributed by atoms with E-state index in [2.05, 4.69) is 23.8 Å². The van der Waals surface area contributed by atoms with Crippen LogP contribution in [0.3, 0.4) is 0 Å². The Morgan fingerprint density at radius 2 is 2.23 bits per heavy atom. The number of ether oxygens (including phenoxy) is 1. The SMILES string of the molecule is CCC(C)c1ncc(C)nc1OC. The van der Waals surface area contributed by atoms with Crippen molar-refractivity contribution in [2.75, 3.05) is 7.11 Å². The fourth-order valence-corrected chi connectivity index (χ4v) is 1.15. The van der Waals surface area contributed by atoms with Gasteiger partial charge in [-0.15, -0.1) is 0 Å². The van der Waals surface area contributed by atoms with Crippen LogP contribution in [0.1, 0.15) is 37.6 Å². The lowest BCUT2D eigenvalue weighted by atomic mass is 10.1. The number of aromatic nitrogens is 2. The summed E-state index contributed by atoms with van der Waals surface area (Å²) in [5.41, 5.74) is 1.85. The van der Waals surface area contributed by atoms with Crippen molar-refractivity contribution in [1.29, 1.82) is 0 Å². The van der Waals surface area contributed by atoms with E-state index in [-0.39, 0.29) is 0 Å². The van der Waals surface area contributed by atoms with Gasteiger partial charge in [-0.2, -0.15) is 0 Å². The molecule has 1 atom stereocenters. The molecule has 0 spiro atoms. The van der Waals surface area contributed by atoms with E-state index in [9.17, 15) is 0 Å². The van der Waals surface area contributed by atoms with Crippen molar-refractivity contribution in [1.82, 2.24) is 9.97 Å². The minimum Gasteiger partial charge on any atom is -0.480 e. The summed E-state index contributed by atoms with van der Waals surface area (Å²) in [4.78, 5) is 8.61. The smallest absolute Gasteiger partial charge is 0.235 e. The maximum Gasteiger partial charge on any atom is 0.235 e. The molecule has 3 nitrogen and oxygen atoms in total. The average Bonchev–Trinajstić information content (AvgIpc) is 2.16. The third-order valence-electron chi connectivity index (χ3n) is 2.16. The van der Waals surface area contributed by atoms with E-state index in [1.165, 1.54) is 0 Å². The Morgan fingerprint density at radius 1 is 1.54 bits per heavy atom. The van der Waals surface area contributed by atoms with Crippen molar-refractivity contribution in [2.45, 2.75) is 33.1 Å². The molecule has 0 N–H and O–H groups in total. The lowest BCUT2D eigenvalue weighted by molar-refractivity contribution is 0.383. The number of hydrogen-bond acceptors (Lipinski definition) is 3. The summed E-state index contributed by atoms with van der Waals surface area (Å²) < 4.78 is 5.18. The van der Waals surface area contributed by atoms with E-state index >= 15 is 0 Å². The highest BCUT2D eigenvalue weighted by atomic mass is 16.5. The van der Waals surface area contributed by atoms with Gasteiger partial charge in [0.15, 0.2) is 0 Å². The summed E-state index contributed by atoms with van der Waals surface area (Å²) in [6, 6.07) is 0. The first-order valence-electron chi connectivity index (χ1n) is 4.56. The number of methoxy groups -OCH3 is 1. The van der Waals surface area contributed by atoms with Gasteiger partial charge in [0.05, 0.1) is 12.8 Å². The number of rotatable bonds is 3. The van der Waals surface area contributed by atoms with Gasteiger partial charge in [0.25, 0.3) is 0 Å². The van der Waals surface area contributed by atoms with Gasteiger partial charge in [0, 0.05) is 12.1 Å². The molecule has 1 aromatic rings. The van der Waals surface area contributed by atoms with E-state index in [4.69, 9.17) is 4.74 Å². The van der Waals surface area contributed by atoms with Crippen LogP contribution in [0.5, 0.6) is 5.88 Å². The Balaban J connectivity index is 3.05. The predicted molar refractivity (Wildman–Crippen MR) is 52.0 cm³/mol. The fraction of sp³-hybridized carbons (Fsp3) is 0.600. The highest BCUT2D eigenvalue weighted by Gasteiger charge is 2.12. The van der Waals surface area contributed by atoms with Gasteiger partial charge in [-0.3, -0.25) is 4.98 Å². The van der Waals surface area contributed by atoms with Crippen molar-refractivity contribution in [3.8, 4) is 5.88 Å². The summed E-state index contributed by atoms with van der Waals surface area (Å²) in [7, 11) is 1.63. The maximum absolute atomic E-state index is 5.18. The molecule has 1 unspecified atom stereocenters. The molecule has 3 heteroatoms. The van der Waals surface area contributed by atoms with E-state index in [0.29, 0.717) is 11.8 Å². The molecule has 0 amide bonds. The molecule has 1 heterocycles. The Kier molecular flexibility index (Phi) is 3.23. The molecular formula is C10H16N2O. The van der Waals surface area contributed by atoms with E-state index in [1.54, 1.807) is 13.3 Å². The summed E-state index contributed by atoms with van der Waals surface area (Å²) in [6.07, 6.45) is 2.83. The molecule has 0 aliphatic carbocycles. The molecule has 0 radical (unpaired) electrons. The Bertz CT molecular complexity index is 286. The minimum absolute atomic E-state index is 0.406. The highest BCUT2D eigenvalue weighted by Crippen LogP contribution is 2.24. The second kappa shape index (κ2) is 4.21. The van der Waals surface area contributed by atoms with Gasteiger partial charge in [-0.1, -0.05) is 13.8 Å². The van der Waals surface area contributed by atoms with Crippen LogP contribution in [-0.4, -0.2) is 17.1 Å². The number of hydrogen-bond donors (Lipinski definition) is 0. The second-order valence-corrected chi connectivity index (χ2v) is 3.22. The normalized spacial score (nSPS) is 12.6. The van der Waals surface area contributed by atoms with Crippen molar-refractivity contribution >= 4 is 0 Å². The van der Waals surface area contributed by atoms with E-state index in [1.807, 2.05) is 6.92 Å². The average molecular weight is 180 g/mol. The number of nitrogens with zero attached hydrogens (tertiary/aromatic N) is 2. The van der Waals surface area contributed by atoms with Gasteiger partial charge in [-0.05, 0) is 13.3 Å². The first-order valence-corrected chi connectivity index (χ1v) is 4.56. The first-order chi connectivity index (χ1) is 6.19. The van der Waals surface area contributed by atoms with Gasteiger partial charge in [-0.25, -0.2) is 4.98 Å². The summed E-state index contributed by atoms with van der Waals surface area (Å²) in [5, 5.41) is 0. The van der Waals surface area contributed by atoms with Gasteiger partial charge >= 0.3 is 0 Å². The van der Waals surface area contributed by atoms with E-state index < -0.39 is 0 Å². The monoisotopic (exact) mass is 180 g/mol. The fourth-order valence-electron chi connectivity index (χ4n) is 1.15. The number of aryl methyl sites for hydroxylation is 1. The van der Waals surface area contributed by atoms with Crippen molar-refractivity contribution in [2.24, 2.45) is 0 Å². The molecule has 13 heavy (non-hydrogen) atoms. The molecule has 0 aliphatic heterocycles. The molecular weight excluding hydrogens is 164 g/mol. The van der Waals surface area contributed by atoms with Crippen molar-refractivity contribution in [3.05, 3.63) is 17.6 Å². The zero-order chi connectivity index (χ0) is 9.84. The van der Waals surface area contributed by atoms with Crippen molar-refractivity contribution < 1.29 is 4.74 Å². The summed E-state index contributed by atoms with van der Waals surface area (Å²) >= 11 is 0. The largest absolute Gasteiger partial charge is 0.480 e. The topological polar surface area (TPSA) is 35.0 Å². The first kappa shape index (κ1) is 9.96. The van der Waals surface area contributed by atoms with Crippen LogP contribution >= 0.6 is 0 Å². The molecule has 0 fully saturated rings. The van der Waals surface area contributed by atoms with Gasteiger partial charge in [0.2, 0.25) is 5.88 Å². The van der Waals surface area contributed by atoms with Crippen LogP contribution in [0.25, 0.3) is 0 Å². The standard InChI is InChI=1S/C10H16N2O/c1-5-7(2)9-10(13-4)12-8(3)6-11-9/h6-7H,5H2,1-4H3. The molecule has 0 saturated heterocycles. The van der Waals surface area contributed by atoms with E-state index in [0.717, 1.165) is 17.8 Å². The molecule has 0 saturated carbocycles. The van der Waals surface area contributed by atoms with Crippen molar-refractivity contribution in [3.63, 3.8) is 0 Å². The molecule has 1 rings (SSSR count). The van der Waals surface area contributed by atoms with Crippen LogP contribution < -0.4 is 4.74 Å². The Labute approximate surface area is 79.2 Å². The van der Waals surface area contributed by atoms with Gasteiger partial charge in [0.1, 0.15) is 5.69 Å². The Hall–Kier alpha value is -1.12. The van der Waals surface area contributed by atoms with Crippen LogP contribution in [0.2, 0.25) is 0 Å². The van der Waals surface area contributed by atoms with Crippen LogP contribution in [0.15, 0.2) is 6.20 Å². The third kappa shape index (κ3) is 2.17. The van der Waals surface area contributed by atoms with Crippen LogP contribution in [-0.2, 0) is 0 Å². The zero-order valence-electron chi connectivity index (χ0n) is 8.66.